The number of halogens is 5. The van der Waals surface area contributed by atoms with E-state index in [0.717, 1.165) is 12.8 Å². The second-order valence-corrected chi connectivity index (χ2v) is 16.1. The quantitative estimate of drug-likeness (QED) is 0.116. The van der Waals surface area contributed by atoms with Gasteiger partial charge in [-0.3, -0.25) is 28.5 Å². The van der Waals surface area contributed by atoms with Gasteiger partial charge in [0.25, 0.3) is 6.10 Å². The topological polar surface area (TPSA) is 158 Å². The van der Waals surface area contributed by atoms with Crippen LogP contribution in [0.2, 0.25) is 0 Å². The van der Waals surface area contributed by atoms with Gasteiger partial charge in [0.2, 0.25) is 0 Å². The summed E-state index contributed by atoms with van der Waals surface area (Å²) >= 11 is 0. The summed E-state index contributed by atoms with van der Waals surface area (Å²) in [6.45, 7) is 5.83. The van der Waals surface area contributed by atoms with Gasteiger partial charge in [-0.2, -0.15) is 30.4 Å². The number of alkyl halides is 5. The Hall–Kier alpha value is -2.49. The number of carbonyl (C=O) groups is 5. The highest BCUT2D eigenvalue weighted by Crippen LogP contribution is 2.66. The Morgan fingerprint density at radius 3 is 2.25 bits per heavy atom. The molecule has 4 saturated carbocycles. The SMILES string of the molecule is C[C@H](CCC(=O)OCCCCC(=O)OC(C(F)(F)F)C(F)(F)S(=O)(=O)O)[C@H]1CC[C@H]2[C@@H]3C(=O)CC4CC(=O)CC[C@]4(C)[C@H]3CC(=O)[C@]12C. The van der Waals surface area contributed by atoms with Crippen LogP contribution in [0.5, 0.6) is 0 Å². The first-order valence-corrected chi connectivity index (χ1v) is 17.8. The fraction of sp³-hybridized carbons (Fsp3) is 0.844. The van der Waals surface area contributed by atoms with Gasteiger partial charge in [-0.25, -0.2) is 0 Å². The molecule has 48 heavy (non-hydrogen) atoms. The molecule has 0 aliphatic heterocycles. The van der Waals surface area contributed by atoms with Crippen LogP contribution >= 0.6 is 0 Å². The number of carbonyl (C=O) groups excluding carboxylic acids is 5. The summed E-state index contributed by atoms with van der Waals surface area (Å²) in [7, 11) is -6.54. The smallest absolute Gasteiger partial charge is 0.432 e. The van der Waals surface area contributed by atoms with E-state index in [1.54, 1.807) is 0 Å². The van der Waals surface area contributed by atoms with Crippen molar-refractivity contribution in [2.75, 3.05) is 6.61 Å². The number of hydrogen-bond acceptors (Lipinski definition) is 9. The molecule has 0 aromatic rings. The van der Waals surface area contributed by atoms with Crippen molar-refractivity contribution in [3.8, 4) is 0 Å². The number of rotatable bonds is 12. The van der Waals surface area contributed by atoms with Crippen molar-refractivity contribution >= 4 is 39.4 Å². The first-order valence-electron chi connectivity index (χ1n) is 16.4. The third-order valence-corrected chi connectivity index (χ3v) is 12.8. The Bertz CT molecular complexity index is 1410. The minimum Gasteiger partial charge on any atom is -0.466 e. The van der Waals surface area contributed by atoms with Crippen LogP contribution in [-0.2, 0) is 43.6 Å². The molecule has 0 heterocycles. The summed E-state index contributed by atoms with van der Waals surface area (Å²) in [5.41, 5.74) is -0.931. The molecule has 1 N–H and O–H groups in total. The van der Waals surface area contributed by atoms with Gasteiger partial charge in [0.15, 0.2) is 0 Å². The van der Waals surface area contributed by atoms with Crippen LogP contribution in [0.15, 0.2) is 0 Å². The lowest BCUT2D eigenvalue weighted by Gasteiger charge is -2.58. The average molecular weight is 715 g/mol. The van der Waals surface area contributed by atoms with Crippen molar-refractivity contribution in [2.24, 2.45) is 46.3 Å². The van der Waals surface area contributed by atoms with Crippen LogP contribution in [0.25, 0.3) is 0 Å². The lowest BCUT2D eigenvalue weighted by Crippen LogP contribution is -2.60. The number of ether oxygens (including phenoxy) is 2. The number of unbranched alkanes of at least 4 members (excludes halogenated alkanes) is 1. The molecule has 0 amide bonds. The summed E-state index contributed by atoms with van der Waals surface area (Å²) in [6, 6.07) is 0. The van der Waals surface area contributed by atoms with Crippen molar-refractivity contribution in [2.45, 2.75) is 115 Å². The maximum absolute atomic E-state index is 13.9. The number of ketones is 3. The summed E-state index contributed by atoms with van der Waals surface area (Å²) in [5, 5.41) is -5.82. The zero-order chi connectivity index (χ0) is 36.0. The standard InChI is InChI=1S/C32H43F5O10S/c1-17(7-10-25(41)46-13-5-4-6-26(42)47-28(31(33,34)35)32(36,37)48(43,44)45)20-8-9-21-27-22(16-24(40)30(20,21)3)29(2)12-11-19(38)14-18(29)15-23(27)39/h17-18,20-22,27-28H,4-16H2,1-3H3,(H,43,44,45)/t17-,18?,20-,21+,22+,27+,28?,29+,30-/m1/s1. The normalized spacial score (nSPS) is 33.7. The van der Waals surface area contributed by atoms with Crippen molar-refractivity contribution in [3.63, 3.8) is 0 Å². The summed E-state index contributed by atoms with van der Waals surface area (Å²) in [4.78, 5) is 63.8. The fourth-order valence-corrected chi connectivity index (χ4v) is 9.67. The van der Waals surface area contributed by atoms with E-state index in [9.17, 15) is 54.3 Å². The summed E-state index contributed by atoms with van der Waals surface area (Å²) in [6.07, 6.45) is -7.36. The van der Waals surface area contributed by atoms with E-state index in [1.165, 1.54) is 0 Å². The minimum atomic E-state index is -6.54. The van der Waals surface area contributed by atoms with Crippen LogP contribution in [0, 0.1) is 46.3 Å². The number of esters is 2. The van der Waals surface area contributed by atoms with E-state index >= 15 is 0 Å². The molecule has 272 valence electrons. The Balaban J connectivity index is 1.24. The van der Waals surface area contributed by atoms with Crippen molar-refractivity contribution < 1.29 is 68.4 Å². The highest BCUT2D eigenvalue weighted by molar-refractivity contribution is 7.86. The number of fused-ring (bicyclic) bond motifs is 5. The van der Waals surface area contributed by atoms with E-state index in [2.05, 4.69) is 11.7 Å². The molecule has 0 saturated heterocycles. The van der Waals surface area contributed by atoms with Gasteiger partial charge < -0.3 is 9.47 Å². The van der Waals surface area contributed by atoms with Gasteiger partial charge in [-0.1, -0.05) is 20.8 Å². The first kappa shape index (κ1) is 38.3. The Morgan fingerprint density at radius 2 is 1.62 bits per heavy atom. The largest absolute Gasteiger partial charge is 0.466 e. The monoisotopic (exact) mass is 714 g/mol. The summed E-state index contributed by atoms with van der Waals surface area (Å²) in [5.74, 6) is -2.41. The number of Topliss-reactive ketones (excluding diaryl/α,β-unsaturated/α-hetero) is 3. The molecule has 4 fully saturated rings. The van der Waals surface area contributed by atoms with Gasteiger partial charge in [-0.15, -0.1) is 0 Å². The summed E-state index contributed by atoms with van der Waals surface area (Å²) < 4.78 is 105. The third-order valence-electron chi connectivity index (χ3n) is 11.9. The van der Waals surface area contributed by atoms with Crippen LogP contribution in [0.1, 0.15) is 97.8 Å². The Morgan fingerprint density at radius 1 is 0.958 bits per heavy atom. The Labute approximate surface area is 276 Å². The molecule has 0 radical (unpaired) electrons. The molecular weight excluding hydrogens is 671 g/mol. The molecule has 2 unspecified atom stereocenters. The molecule has 9 atom stereocenters. The predicted octanol–water partition coefficient (Wildman–Crippen LogP) is 5.66. The van der Waals surface area contributed by atoms with Crippen LogP contribution in [-0.4, -0.2) is 66.4 Å². The molecule has 10 nitrogen and oxygen atoms in total. The molecular formula is C32H43F5O10S. The van der Waals surface area contributed by atoms with Gasteiger partial charge in [0, 0.05) is 49.9 Å². The maximum Gasteiger partial charge on any atom is 0.432 e. The van der Waals surface area contributed by atoms with E-state index < -0.39 is 51.4 Å². The van der Waals surface area contributed by atoms with E-state index in [0.29, 0.717) is 38.5 Å². The van der Waals surface area contributed by atoms with E-state index in [1.807, 2.05) is 13.8 Å². The second kappa shape index (κ2) is 13.7. The minimum absolute atomic E-state index is 0.00535. The van der Waals surface area contributed by atoms with Gasteiger partial charge in [0.05, 0.1) is 6.61 Å². The van der Waals surface area contributed by atoms with Crippen molar-refractivity contribution in [3.05, 3.63) is 0 Å². The molecule has 0 aromatic carbocycles. The van der Waals surface area contributed by atoms with Crippen LogP contribution < -0.4 is 0 Å². The Kier molecular flexibility index (Phi) is 10.9. The highest BCUT2D eigenvalue weighted by atomic mass is 32.2. The molecule has 0 bridgehead atoms. The van der Waals surface area contributed by atoms with E-state index in [-0.39, 0.29) is 84.1 Å². The molecule has 4 rings (SSSR count). The zero-order valence-electron chi connectivity index (χ0n) is 27.2. The lowest BCUT2D eigenvalue weighted by molar-refractivity contribution is -0.259. The average Bonchev–Trinajstić information content (AvgIpc) is 3.33. The van der Waals surface area contributed by atoms with Crippen molar-refractivity contribution in [1.29, 1.82) is 0 Å². The molecule has 4 aliphatic carbocycles. The van der Waals surface area contributed by atoms with Crippen molar-refractivity contribution in [1.82, 2.24) is 0 Å². The van der Waals surface area contributed by atoms with Gasteiger partial charge in [0.1, 0.15) is 17.3 Å². The van der Waals surface area contributed by atoms with Crippen LogP contribution in [0.3, 0.4) is 0 Å². The van der Waals surface area contributed by atoms with Crippen LogP contribution in [0.4, 0.5) is 22.0 Å². The fourth-order valence-electron chi connectivity index (χ4n) is 9.22. The maximum atomic E-state index is 13.9. The first-order chi connectivity index (χ1) is 22.0. The molecule has 16 heteroatoms. The highest BCUT2D eigenvalue weighted by Gasteiger charge is 2.67. The number of hydrogen-bond donors (Lipinski definition) is 1. The van der Waals surface area contributed by atoms with Gasteiger partial charge in [-0.05, 0) is 73.5 Å². The second-order valence-electron chi connectivity index (χ2n) is 14.6. The molecule has 0 aromatic heterocycles. The zero-order valence-corrected chi connectivity index (χ0v) is 28.0. The lowest BCUT2D eigenvalue weighted by atomic mass is 9.44. The molecule has 0 spiro atoms. The van der Waals surface area contributed by atoms with E-state index in [4.69, 9.17) is 9.29 Å². The van der Waals surface area contributed by atoms with Gasteiger partial charge >= 0.3 is 33.5 Å². The third kappa shape index (κ3) is 7.20. The molecule has 4 aliphatic rings. The predicted molar refractivity (Wildman–Crippen MR) is 157 cm³/mol.